The number of nitrogens with zero attached hydrogens (tertiary/aromatic N) is 4. The molecule has 4 aromatic carbocycles. The zero-order valence-electron chi connectivity index (χ0n) is 56.7. The van der Waals surface area contributed by atoms with E-state index in [0.29, 0.717) is 34.4 Å². The van der Waals surface area contributed by atoms with Crippen molar-refractivity contribution in [2.45, 2.75) is 149 Å². The number of aliphatic hydroxyl groups excluding tert-OH is 3. The summed E-state index contributed by atoms with van der Waals surface area (Å²) in [7, 11) is 1.26. The van der Waals surface area contributed by atoms with Crippen molar-refractivity contribution in [3.05, 3.63) is 166 Å². The minimum atomic E-state index is -1.19. The molecular formula is C71H77BLiN8O15. The number of hydrogen-bond donors (Lipinski definition) is 7. The zero-order valence-corrected chi connectivity index (χ0v) is 55.7. The molecule has 6 aliphatic rings. The number of ether oxygens (including phenoxy) is 3. The average Bonchev–Trinajstić information content (AvgIpc) is 1.53. The minimum absolute atomic E-state index is 0. The fourth-order valence-corrected chi connectivity index (χ4v) is 13.9. The molecule has 2 amide bonds. The number of oxazole rings is 4. The molecule has 6 aliphatic heterocycles. The number of methoxy groups -OCH3 is 1. The van der Waals surface area contributed by atoms with E-state index in [1.807, 2.05) is 126 Å². The molecule has 4 aromatic heterocycles. The van der Waals surface area contributed by atoms with Gasteiger partial charge < -0.3 is 69.9 Å². The van der Waals surface area contributed by atoms with Crippen LogP contribution in [0.3, 0.4) is 0 Å². The van der Waals surface area contributed by atoms with Crippen LogP contribution in [0.1, 0.15) is 168 Å². The van der Waals surface area contributed by atoms with Crippen molar-refractivity contribution in [1.29, 1.82) is 0 Å². The number of benzene rings is 4. The maximum atomic E-state index is 14.2. The third-order valence-electron chi connectivity index (χ3n) is 18.8. The molecule has 0 fully saturated rings. The molecule has 0 unspecified atom stereocenters. The van der Waals surface area contributed by atoms with Crippen LogP contribution < -0.4 is 49.6 Å². The number of Topliss-reactive ketones (excluding diaryl/α,β-unsaturated/α-hetero) is 2. The van der Waals surface area contributed by atoms with Gasteiger partial charge in [0.2, 0.25) is 35.4 Å². The predicted molar refractivity (Wildman–Crippen MR) is 346 cm³/mol. The van der Waals surface area contributed by atoms with Crippen LogP contribution in [0.2, 0.25) is 0 Å². The van der Waals surface area contributed by atoms with Gasteiger partial charge in [0, 0.05) is 55.6 Å². The second-order valence-electron chi connectivity index (χ2n) is 28.1. The molecule has 23 nitrogen and oxygen atoms in total. The number of nitrogens with one attached hydrogen (secondary N) is 4. The van der Waals surface area contributed by atoms with Crippen molar-refractivity contribution in [3.63, 3.8) is 0 Å². The molecule has 0 saturated carbocycles. The van der Waals surface area contributed by atoms with E-state index in [1.54, 1.807) is 27.7 Å². The van der Waals surface area contributed by atoms with Crippen LogP contribution in [-0.2, 0) is 54.2 Å². The number of carbonyl (C=O) groups is 5. The predicted octanol–water partition coefficient (Wildman–Crippen LogP) is 6.33. The van der Waals surface area contributed by atoms with Crippen molar-refractivity contribution in [1.82, 2.24) is 30.6 Å². The maximum Gasteiger partial charge on any atom is 1.00 e. The van der Waals surface area contributed by atoms with Gasteiger partial charge in [-0.25, -0.2) is 24.7 Å². The van der Waals surface area contributed by atoms with E-state index < -0.39 is 82.0 Å². The summed E-state index contributed by atoms with van der Waals surface area (Å²) >= 11 is 0. The van der Waals surface area contributed by atoms with Crippen LogP contribution in [0.5, 0.6) is 11.5 Å². The van der Waals surface area contributed by atoms with E-state index in [0.717, 1.165) is 44.8 Å². The maximum absolute atomic E-state index is 14.2. The van der Waals surface area contributed by atoms with Gasteiger partial charge in [-0.3, -0.25) is 19.2 Å². The summed E-state index contributed by atoms with van der Waals surface area (Å²) in [6.45, 7) is 18.5. The van der Waals surface area contributed by atoms with Crippen molar-refractivity contribution in [2.24, 2.45) is 34.5 Å². The van der Waals surface area contributed by atoms with Crippen molar-refractivity contribution >= 4 is 49.1 Å². The first kappa shape index (κ1) is 68.6. The quantitative estimate of drug-likeness (QED) is 0.0518. The Hall–Kier alpha value is -8.79. The summed E-state index contributed by atoms with van der Waals surface area (Å²) in [4.78, 5) is 85.9. The summed E-state index contributed by atoms with van der Waals surface area (Å²) in [5, 5.41) is 44.3. The number of amides is 2. The smallest absolute Gasteiger partial charge is 1.00 e. The Kier molecular flexibility index (Phi) is 18.3. The SMILES string of the molecule is CC(C)[C@H](O)C(=O)C[C@H]1Cc2ccc3c(c2)[C@@]2(c4ccccc4N[C@@H]2O3)c2oc(nc2-c2nc(CO)co2)[C@H](C(C)(C)C)NC1=O.COC(=O)c1coc(-c2nc3oc2[C@@]24c5ccccc5N[C@@H]2Oc2ccc(cc24)C[C@H](CC(=O)[C@@H](O)C(C)C)C(=O)N[C@H]3C(C)(C)C)n1.[B].[H-].[Li+]. The topological polar surface area (TPSA) is 326 Å². The van der Waals surface area contributed by atoms with E-state index in [-0.39, 0.29) is 125 Å². The number of aliphatic hydroxyl groups is 3. The van der Waals surface area contributed by atoms with Crippen LogP contribution >= 0.6 is 0 Å². The zero-order chi connectivity index (χ0) is 66.7. The standard InChI is InChI=1S/C36H38N4O8.C35H38N4O7.B.Li.H/c1-17(2)27(42)24(41)15-19-13-18-11-12-25-21(14-18)36(20-9-7-8-10-22(20)38-34(36)47-25)29-26(31-37-23(16-46-31)33(44)45-6)39-32(48-29)28(35(3,4)5)40-30(19)43;1-17(2)27(42)24(41)14-19-12-18-10-11-25-22(13-18)35(21-8-6-7-9-23(21)37-33(35)45-25)29-26(31-36-20(15-40)16-44-31)38-32(46-29)28(34(3,4)5)39-30(19)43;;;/h7-12,14,16-17,19,27-28,34,38,42H,13,15H2,1-6H3,(H,40,43);6-11,13,16-17,19,27-28,33,37,40,42H,12,14-15H2,1-5H3,(H,39,43);;;/q;;;+1;-1/t19-,27+,28-,34-,36+;19-,27+,28-,33-,35+;;;/m11.../s1. The van der Waals surface area contributed by atoms with Gasteiger partial charge in [0.1, 0.15) is 64.8 Å². The normalized spacial score (nSPS) is 23.0. The molecule has 25 heteroatoms. The Bertz CT molecular complexity index is 4340. The molecule has 2 spiro atoms. The van der Waals surface area contributed by atoms with Crippen LogP contribution in [-0.4, -0.2) is 105 Å². The largest absolute Gasteiger partial charge is 1.00 e. The molecule has 495 valence electrons. The summed E-state index contributed by atoms with van der Waals surface area (Å²) in [6, 6.07) is 25.8. The number of para-hydroxylation sites is 2. The third-order valence-corrected chi connectivity index (χ3v) is 18.8. The number of carbonyl (C=O) groups excluding carboxylic acids is 5. The molecule has 7 N–H and O–H groups in total. The molecule has 10 atom stereocenters. The molecule has 3 radical (unpaired) electrons. The number of ketones is 2. The number of esters is 1. The fourth-order valence-electron chi connectivity index (χ4n) is 13.9. The van der Waals surface area contributed by atoms with E-state index in [2.05, 4.69) is 31.2 Å². The van der Waals surface area contributed by atoms with E-state index >= 15 is 0 Å². The fraction of sp³-hybridized carbons (Fsp3) is 0.423. The van der Waals surface area contributed by atoms with Crippen LogP contribution in [0, 0.1) is 34.5 Å². The molecule has 96 heavy (non-hydrogen) atoms. The summed E-state index contributed by atoms with van der Waals surface area (Å²) in [5.74, 6) is -1.64. The minimum Gasteiger partial charge on any atom is -1.00 e. The molecular weight excluding hydrogens is 1220 g/mol. The van der Waals surface area contributed by atoms with E-state index in [1.165, 1.54) is 19.6 Å². The molecule has 10 heterocycles. The van der Waals surface area contributed by atoms with Gasteiger partial charge in [0.25, 0.3) is 0 Å². The molecule has 0 aliphatic carbocycles. The van der Waals surface area contributed by atoms with E-state index in [9.17, 15) is 39.3 Å². The summed E-state index contributed by atoms with van der Waals surface area (Å²) in [5.41, 5.74) is 4.24. The number of rotatable bonds is 12. The van der Waals surface area contributed by atoms with Crippen LogP contribution in [0.25, 0.3) is 23.2 Å². The first-order chi connectivity index (χ1) is 44.7. The van der Waals surface area contributed by atoms with Gasteiger partial charge in [0.05, 0.1) is 13.7 Å². The number of anilines is 2. The number of aromatic nitrogens is 4. The number of hydrogen-bond acceptors (Lipinski definition) is 21. The molecule has 14 rings (SSSR count). The summed E-state index contributed by atoms with van der Waals surface area (Å²) < 4.78 is 43.4. The second kappa shape index (κ2) is 25.7. The van der Waals surface area contributed by atoms with Gasteiger partial charge in [0.15, 0.2) is 52.6 Å². The Morgan fingerprint density at radius 1 is 0.615 bits per heavy atom. The Balaban J connectivity index is 0.000000204. The average molecular weight is 1300 g/mol. The van der Waals surface area contributed by atoms with Crippen LogP contribution in [0.4, 0.5) is 11.4 Å². The molecule has 8 bridgehead atoms. The Morgan fingerprint density at radius 3 is 1.45 bits per heavy atom. The number of fused-ring (bicyclic) bond motifs is 8. The van der Waals surface area contributed by atoms with Crippen molar-refractivity contribution in [3.8, 4) is 34.7 Å². The van der Waals surface area contributed by atoms with Gasteiger partial charge in [-0.05, 0) is 82.0 Å². The van der Waals surface area contributed by atoms with Gasteiger partial charge in [-0.1, -0.05) is 130 Å². The van der Waals surface area contributed by atoms with Gasteiger partial charge in [-0.2, -0.15) is 0 Å². The first-order valence-electron chi connectivity index (χ1n) is 31.7. The monoisotopic (exact) mass is 1300 g/mol. The van der Waals surface area contributed by atoms with Crippen molar-refractivity contribution < 1.29 is 91.5 Å². The summed E-state index contributed by atoms with van der Waals surface area (Å²) in [6.07, 6.45) is -0.813. The Labute approximate surface area is 569 Å². The third kappa shape index (κ3) is 11.5. The first-order valence-corrected chi connectivity index (χ1v) is 31.7. The molecule has 8 aromatic rings. The molecule has 0 saturated heterocycles. The van der Waals surface area contributed by atoms with Gasteiger partial charge in [-0.15, -0.1) is 0 Å². The second-order valence-corrected chi connectivity index (χ2v) is 28.1. The van der Waals surface area contributed by atoms with Crippen LogP contribution in [0.15, 0.2) is 115 Å². The Morgan fingerprint density at radius 2 is 1.04 bits per heavy atom. The van der Waals surface area contributed by atoms with E-state index in [4.69, 9.17) is 41.8 Å². The van der Waals surface area contributed by atoms with Gasteiger partial charge >= 0.3 is 24.8 Å². The van der Waals surface area contributed by atoms with Crippen molar-refractivity contribution in [2.75, 3.05) is 17.7 Å².